The van der Waals surface area contributed by atoms with Crippen molar-refractivity contribution in [3.63, 3.8) is 0 Å². The number of hydrogen-bond acceptors (Lipinski definition) is 4. The Morgan fingerprint density at radius 1 is 1.16 bits per heavy atom. The summed E-state index contributed by atoms with van der Waals surface area (Å²) in [6.07, 6.45) is 0.947. The van der Waals surface area contributed by atoms with Crippen LogP contribution in [0.15, 0.2) is 36.5 Å². The zero-order chi connectivity index (χ0) is 18.1. The summed E-state index contributed by atoms with van der Waals surface area (Å²) >= 11 is 12.1. The average molecular weight is 379 g/mol. The Labute approximate surface area is 154 Å². The van der Waals surface area contributed by atoms with Crippen LogP contribution in [0, 0.1) is 13.8 Å². The minimum absolute atomic E-state index is 0.204. The van der Waals surface area contributed by atoms with Crippen LogP contribution in [-0.2, 0) is 0 Å². The molecule has 0 aliphatic carbocycles. The van der Waals surface area contributed by atoms with Gasteiger partial charge in [-0.3, -0.25) is 0 Å². The van der Waals surface area contributed by atoms with Crippen molar-refractivity contribution < 1.29 is 9.53 Å². The summed E-state index contributed by atoms with van der Waals surface area (Å²) in [7, 11) is 0. The van der Waals surface area contributed by atoms with E-state index < -0.39 is 6.09 Å². The Morgan fingerprint density at radius 3 is 2.56 bits per heavy atom. The quantitative estimate of drug-likeness (QED) is 0.664. The third kappa shape index (κ3) is 3.55. The number of rotatable bonds is 3. The van der Waals surface area contributed by atoms with Crippen molar-refractivity contribution >= 4 is 29.3 Å². The molecule has 0 aliphatic rings. The Morgan fingerprint density at radius 2 is 1.92 bits per heavy atom. The van der Waals surface area contributed by atoms with E-state index in [-0.39, 0.29) is 6.04 Å². The lowest BCUT2D eigenvalue weighted by molar-refractivity contribution is 0.192. The average Bonchev–Trinajstić information content (AvgIpc) is 3.15. The highest BCUT2D eigenvalue weighted by Crippen LogP contribution is 2.29. The van der Waals surface area contributed by atoms with E-state index in [9.17, 15) is 4.79 Å². The highest BCUT2D eigenvalue weighted by molar-refractivity contribution is 6.42. The molecule has 0 fully saturated rings. The predicted octanol–water partition coefficient (Wildman–Crippen LogP) is 4.66. The van der Waals surface area contributed by atoms with Crippen LogP contribution in [0.25, 0.3) is 0 Å². The van der Waals surface area contributed by atoms with E-state index in [1.54, 1.807) is 35.9 Å². The van der Waals surface area contributed by atoms with E-state index in [2.05, 4.69) is 10.2 Å². The Hall–Kier alpha value is -2.31. The first kappa shape index (κ1) is 17.5. The topological polar surface area (TPSA) is 61.9 Å². The molecule has 1 aromatic carbocycles. The zero-order valence-corrected chi connectivity index (χ0v) is 15.4. The summed E-state index contributed by atoms with van der Waals surface area (Å²) in [5.74, 6) is 0.330. The summed E-state index contributed by atoms with van der Waals surface area (Å²) in [4.78, 5) is 12.3. The number of benzene rings is 1. The Kier molecular flexibility index (Phi) is 4.83. The fourth-order valence-corrected chi connectivity index (χ4v) is 2.76. The van der Waals surface area contributed by atoms with E-state index >= 15 is 0 Å². The highest BCUT2D eigenvalue weighted by atomic mass is 35.5. The summed E-state index contributed by atoms with van der Waals surface area (Å²) in [6.45, 7) is 5.53. The van der Waals surface area contributed by atoms with Gasteiger partial charge in [0.15, 0.2) is 0 Å². The fourth-order valence-electron chi connectivity index (χ4n) is 2.45. The van der Waals surface area contributed by atoms with E-state index in [0.29, 0.717) is 21.6 Å². The molecule has 3 rings (SSSR count). The van der Waals surface area contributed by atoms with Gasteiger partial charge in [0.25, 0.3) is 0 Å². The Balaban J connectivity index is 1.91. The van der Waals surface area contributed by atoms with Gasteiger partial charge in [-0.2, -0.15) is 14.9 Å². The molecule has 3 aromatic rings. The summed E-state index contributed by atoms with van der Waals surface area (Å²) in [5, 5.41) is 9.32. The van der Waals surface area contributed by atoms with E-state index in [0.717, 1.165) is 11.3 Å². The smallest absolute Gasteiger partial charge is 0.390 e. The minimum atomic E-state index is -0.593. The second-order valence-corrected chi connectivity index (χ2v) is 6.48. The highest BCUT2D eigenvalue weighted by Gasteiger charge is 2.20. The SMILES string of the molecule is Cc1cc(OC(=O)n2nccc2C)n(C(C)c2ccc(Cl)c(Cl)c2)n1. The van der Waals surface area contributed by atoms with Crippen molar-refractivity contribution in [3.8, 4) is 5.88 Å². The molecule has 1 unspecified atom stereocenters. The Bertz CT molecular complexity index is 933. The van der Waals surface area contributed by atoms with Gasteiger partial charge in [-0.15, -0.1) is 0 Å². The first-order chi connectivity index (χ1) is 11.9. The lowest BCUT2D eigenvalue weighted by atomic mass is 10.1. The molecular weight excluding hydrogens is 363 g/mol. The standard InChI is InChI=1S/C17H16Cl2N4O2/c1-10-8-16(25-17(24)22-11(2)6-7-20-22)23(21-10)12(3)13-4-5-14(18)15(19)9-13/h4-9,12H,1-3H3. The normalized spacial score (nSPS) is 12.2. The molecule has 0 saturated carbocycles. The summed E-state index contributed by atoms with van der Waals surface area (Å²) in [5.41, 5.74) is 2.31. The van der Waals surface area contributed by atoms with Gasteiger partial charge in [-0.1, -0.05) is 29.3 Å². The van der Waals surface area contributed by atoms with Crippen LogP contribution in [0.3, 0.4) is 0 Å². The molecule has 6 nitrogen and oxygen atoms in total. The molecule has 0 aliphatic heterocycles. The number of hydrogen-bond donors (Lipinski definition) is 0. The van der Waals surface area contributed by atoms with Crippen LogP contribution >= 0.6 is 23.2 Å². The molecule has 0 N–H and O–H groups in total. The first-order valence-corrected chi connectivity index (χ1v) is 8.36. The van der Waals surface area contributed by atoms with Crippen LogP contribution in [0.5, 0.6) is 5.88 Å². The van der Waals surface area contributed by atoms with Crippen molar-refractivity contribution in [2.24, 2.45) is 0 Å². The van der Waals surface area contributed by atoms with Crippen molar-refractivity contribution in [2.45, 2.75) is 26.8 Å². The van der Waals surface area contributed by atoms with Crippen LogP contribution in [0.2, 0.25) is 10.0 Å². The molecule has 0 radical (unpaired) electrons. The van der Waals surface area contributed by atoms with Crippen molar-refractivity contribution in [3.05, 3.63) is 63.5 Å². The molecule has 1 atom stereocenters. The number of carbonyl (C=O) groups excluding carboxylic acids is 1. The molecule has 25 heavy (non-hydrogen) atoms. The summed E-state index contributed by atoms with van der Waals surface area (Å²) in [6, 6.07) is 8.58. The molecular formula is C17H16Cl2N4O2. The van der Waals surface area contributed by atoms with Gasteiger partial charge >= 0.3 is 6.09 Å². The molecule has 0 saturated heterocycles. The molecule has 0 spiro atoms. The van der Waals surface area contributed by atoms with Gasteiger partial charge in [0, 0.05) is 18.0 Å². The molecule has 8 heteroatoms. The number of nitrogens with zero attached hydrogens (tertiary/aromatic N) is 4. The third-order valence-corrected chi connectivity index (χ3v) is 4.55. The van der Waals surface area contributed by atoms with E-state index in [4.69, 9.17) is 27.9 Å². The number of aromatic nitrogens is 4. The predicted molar refractivity (Wildman–Crippen MR) is 95.6 cm³/mol. The number of aryl methyl sites for hydroxylation is 2. The van der Waals surface area contributed by atoms with Crippen molar-refractivity contribution in [1.29, 1.82) is 0 Å². The lowest BCUT2D eigenvalue weighted by Crippen LogP contribution is -2.22. The van der Waals surface area contributed by atoms with Gasteiger partial charge in [0.1, 0.15) is 0 Å². The fraction of sp³-hybridized carbons (Fsp3) is 0.235. The van der Waals surface area contributed by atoms with Gasteiger partial charge in [-0.25, -0.2) is 9.48 Å². The van der Waals surface area contributed by atoms with Crippen molar-refractivity contribution in [1.82, 2.24) is 19.6 Å². The summed E-state index contributed by atoms with van der Waals surface area (Å²) < 4.78 is 8.31. The molecule has 2 heterocycles. The van der Waals surface area contributed by atoms with Crippen molar-refractivity contribution in [2.75, 3.05) is 0 Å². The largest absolute Gasteiger partial charge is 0.441 e. The minimum Gasteiger partial charge on any atom is -0.390 e. The van der Waals surface area contributed by atoms with Gasteiger partial charge < -0.3 is 4.74 Å². The lowest BCUT2D eigenvalue weighted by Gasteiger charge is -2.16. The van der Waals surface area contributed by atoms with Crippen LogP contribution in [0.1, 0.15) is 29.9 Å². The number of halogens is 2. The maximum Gasteiger partial charge on any atom is 0.441 e. The third-order valence-electron chi connectivity index (χ3n) is 3.81. The molecule has 0 bridgehead atoms. The monoisotopic (exact) mass is 378 g/mol. The second-order valence-electron chi connectivity index (χ2n) is 5.67. The molecule has 2 aromatic heterocycles. The van der Waals surface area contributed by atoms with Crippen LogP contribution in [-0.4, -0.2) is 25.7 Å². The van der Waals surface area contributed by atoms with Gasteiger partial charge in [-0.05, 0) is 44.5 Å². The van der Waals surface area contributed by atoms with Gasteiger partial charge in [0.05, 0.1) is 21.8 Å². The molecule has 0 amide bonds. The second kappa shape index (κ2) is 6.90. The van der Waals surface area contributed by atoms with Crippen LogP contribution < -0.4 is 4.74 Å². The van der Waals surface area contributed by atoms with Crippen LogP contribution in [0.4, 0.5) is 4.79 Å². The number of ether oxygens (including phenoxy) is 1. The van der Waals surface area contributed by atoms with E-state index in [1.165, 1.54) is 10.9 Å². The zero-order valence-electron chi connectivity index (χ0n) is 13.9. The maximum absolute atomic E-state index is 12.3. The van der Waals surface area contributed by atoms with E-state index in [1.807, 2.05) is 19.9 Å². The van der Waals surface area contributed by atoms with Gasteiger partial charge in [0.2, 0.25) is 5.88 Å². The number of carbonyl (C=O) groups is 1. The first-order valence-electron chi connectivity index (χ1n) is 7.60. The molecule has 130 valence electrons. The maximum atomic E-state index is 12.3.